The van der Waals surface area contributed by atoms with Crippen molar-refractivity contribution in [3.63, 3.8) is 0 Å². The number of ether oxygens (including phenoxy) is 2. The lowest BCUT2D eigenvalue weighted by atomic mass is 9.83. The van der Waals surface area contributed by atoms with Gasteiger partial charge in [0.05, 0.1) is 18.6 Å². The highest BCUT2D eigenvalue weighted by Gasteiger charge is 2.40. The third kappa shape index (κ3) is 8.11. The van der Waals surface area contributed by atoms with Crippen molar-refractivity contribution in [2.45, 2.75) is 60.2 Å². The number of nitrogens with two attached hydrogens (primary N) is 1. The number of esters is 1. The van der Waals surface area contributed by atoms with Gasteiger partial charge in [0.25, 0.3) is 11.8 Å². The molecule has 0 unspecified atom stereocenters. The zero-order valence-corrected chi connectivity index (χ0v) is 23.8. The minimum Gasteiger partial charge on any atom is -0.465 e. The highest BCUT2D eigenvalue weighted by molar-refractivity contribution is 6.00. The molecule has 0 radical (unpaired) electrons. The van der Waals surface area contributed by atoms with Gasteiger partial charge in [0.2, 0.25) is 0 Å². The number of nitrogen functional groups attached to an aromatic ring is 1. The number of hydrogen-bond acceptors (Lipinski definition) is 7. The molecule has 0 spiro atoms. The van der Waals surface area contributed by atoms with E-state index >= 15 is 0 Å². The summed E-state index contributed by atoms with van der Waals surface area (Å²) in [6.45, 7) is 17.3. The summed E-state index contributed by atoms with van der Waals surface area (Å²) in [7, 11) is 0. The molecule has 0 aliphatic carbocycles. The van der Waals surface area contributed by atoms with Crippen LogP contribution in [-0.4, -0.2) is 65.6 Å². The molecule has 2 rings (SSSR count). The molecule has 1 aliphatic heterocycles. The summed E-state index contributed by atoms with van der Waals surface area (Å²) in [5.41, 5.74) is 7.51. The van der Waals surface area contributed by atoms with Crippen LogP contribution in [-0.2, 0) is 23.9 Å². The number of morpholine rings is 1. The molecule has 39 heavy (non-hydrogen) atoms. The predicted octanol–water partition coefficient (Wildman–Crippen LogP) is 3.44. The fraction of sp³-hybridized carbons (Fsp3) is 0.448. The first kappa shape index (κ1) is 33.3. The van der Waals surface area contributed by atoms with Crippen molar-refractivity contribution >= 4 is 29.3 Å². The van der Waals surface area contributed by atoms with Crippen LogP contribution in [0, 0.1) is 17.7 Å². The lowest BCUT2D eigenvalue weighted by molar-refractivity contribution is -0.163. The summed E-state index contributed by atoms with van der Waals surface area (Å²) in [5.74, 6) is -1.81. The standard InChI is InChI=1S/C27H38N4O6.C2H4/c1-7-17(27(5,6)26(35)36-9-3)15-19(8-2)31-12-13-37-22(25(31)34)21(32)24(33)30-18-10-11-20(23(28)29)16(4)14-18;1-2/h7,10-11,14-15,21-22,32H,8-9,12-13H2,1-6H3,(H3,28,29)(H,30,33);1-2H2/b17-7+,19-15+;/t21-,22-;/m1./s1. The molecule has 0 saturated carbocycles. The molecular weight excluding hydrogens is 500 g/mol. The van der Waals surface area contributed by atoms with Crippen molar-refractivity contribution < 1.29 is 29.0 Å². The average Bonchev–Trinajstić information content (AvgIpc) is 2.90. The third-order valence-corrected chi connectivity index (χ3v) is 6.31. The van der Waals surface area contributed by atoms with Gasteiger partial charge in [-0.05, 0) is 76.5 Å². The van der Waals surface area contributed by atoms with Crippen molar-refractivity contribution in [2.24, 2.45) is 11.1 Å². The smallest absolute Gasteiger partial charge is 0.315 e. The lowest BCUT2D eigenvalue weighted by Gasteiger charge is -2.36. The van der Waals surface area contributed by atoms with E-state index in [9.17, 15) is 19.5 Å². The Morgan fingerprint density at radius 2 is 2.00 bits per heavy atom. The molecule has 2 atom stereocenters. The maximum Gasteiger partial charge on any atom is 0.315 e. The molecule has 5 N–H and O–H groups in total. The SMILES string of the molecule is C/C=C(\C=C(/CC)N1CCO[C@H]([C@@H](O)C(=O)Nc2ccc(C(=N)N)c(C)c2)C1=O)C(C)(C)C(=O)OCC.C=C. The molecule has 214 valence electrons. The summed E-state index contributed by atoms with van der Waals surface area (Å²) >= 11 is 0. The average molecular weight is 543 g/mol. The number of carbonyl (C=O) groups excluding carboxylic acids is 3. The number of nitrogens with one attached hydrogen (secondary N) is 2. The normalized spacial score (nSPS) is 17.1. The van der Waals surface area contributed by atoms with E-state index in [1.807, 2.05) is 13.8 Å². The second-order valence-corrected chi connectivity index (χ2v) is 9.24. The van der Waals surface area contributed by atoms with Crippen LogP contribution >= 0.6 is 0 Å². The Balaban J connectivity index is 0.00000371. The molecule has 2 amide bonds. The van der Waals surface area contributed by atoms with Gasteiger partial charge in [-0.2, -0.15) is 0 Å². The first-order valence-corrected chi connectivity index (χ1v) is 12.8. The van der Waals surface area contributed by atoms with Gasteiger partial charge in [0.1, 0.15) is 5.84 Å². The molecule has 1 aromatic rings. The van der Waals surface area contributed by atoms with Gasteiger partial charge in [0.15, 0.2) is 12.2 Å². The van der Waals surface area contributed by atoms with E-state index in [4.69, 9.17) is 20.6 Å². The van der Waals surface area contributed by atoms with E-state index in [0.717, 1.165) is 0 Å². The molecule has 1 aromatic carbocycles. The van der Waals surface area contributed by atoms with Crippen molar-refractivity contribution in [1.82, 2.24) is 4.90 Å². The van der Waals surface area contributed by atoms with Gasteiger partial charge < -0.3 is 30.5 Å². The van der Waals surface area contributed by atoms with Crippen LogP contribution < -0.4 is 11.1 Å². The maximum atomic E-state index is 13.3. The molecule has 10 heteroatoms. The topological polar surface area (TPSA) is 155 Å². The monoisotopic (exact) mass is 542 g/mol. The Bertz CT molecular complexity index is 1120. The van der Waals surface area contributed by atoms with E-state index in [0.29, 0.717) is 34.5 Å². The fourth-order valence-corrected chi connectivity index (χ4v) is 4.12. The van der Waals surface area contributed by atoms with Crippen LogP contribution in [0.15, 0.2) is 54.8 Å². The van der Waals surface area contributed by atoms with Gasteiger partial charge in [0, 0.05) is 23.5 Å². The number of anilines is 1. The number of hydrogen-bond donors (Lipinski definition) is 4. The van der Waals surface area contributed by atoms with Crippen LogP contribution in [0.1, 0.15) is 52.2 Å². The number of aliphatic hydroxyl groups excluding tert-OH is 1. The molecular formula is C29H42N4O6. The molecule has 10 nitrogen and oxygen atoms in total. The maximum absolute atomic E-state index is 13.3. The second-order valence-electron chi connectivity index (χ2n) is 9.24. The van der Waals surface area contributed by atoms with E-state index < -0.39 is 29.4 Å². The first-order chi connectivity index (χ1) is 18.4. The Morgan fingerprint density at radius 1 is 1.36 bits per heavy atom. The Kier molecular flexibility index (Phi) is 12.8. The number of nitrogens with zero attached hydrogens (tertiary/aromatic N) is 1. The van der Waals surface area contributed by atoms with Crippen molar-refractivity contribution in [1.29, 1.82) is 5.41 Å². The van der Waals surface area contributed by atoms with Crippen molar-refractivity contribution in [3.05, 3.63) is 65.9 Å². The van der Waals surface area contributed by atoms with Gasteiger partial charge in [-0.1, -0.05) is 13.0 Å². The van der Waals surface area contributed by atoms with Gasteiger partial charge in [-0.15, -0.1) is 13.2 Å². The number of carbonyl (C=O) groups is 3. The van der Waals surface area contributed by atoms with E-state index in [1.54, 1.807) is 58.0 Å². The molecule has 1 fully saturated rings. The number of amidine groups is 1. The summed E-state index contributed by atoms with van der Waals surface area (Å²) < 4.78 is 10.7. The van der Waals surface area contributed by atoms with E-state index in [-0.39, 0.29) is 31.6 Å². The second kappa shape index (κ2) is 15.0. The molecule has 1 saturated heterocycles. The molecule has 1 aliphatic rings. The number of aryl methyl sites for hydroxylation is 1. The van der Waals surface area contributed by atoms with Gasteiger partial charge in [-0.3, -0.25) is 19.8 Å². The number of aliphatic hydroxyl groups is 1. The highest BCUT2D eigenvalue weighted by Crippen LogP contribution is 2.31. The number of benzene rings is 1. The summed E-state index contributed by atoms with van der Waals surface area (Å²) in [6, 6.07) is 4.78. The molecule has 1 heterocycles. The highest BCUT2D eigenvalue weighted by atomic mass is 16.5. The Hall–Kier alpha value is -3.76. The predicted molar refractivity (Wildman–Crippen MR) is 152 cm³/mol. The fourth-order valence-electron chi connectivity index (χ4n) is 4.12. The van der Waals surface area contributed by atoms with Crippen molar-refractivity contribution in [2.75, 3.05) is 25.1 Å². The zero-order valence-electron chi connectivity index (χ0n) is 23.8. The summed E-state index contributed by atoms with van der Waals surface area (Å²) in [6.07, 6.45) is 0.907. The van der Waals surface area contributed by atoms with Gasteiger partial charge >= 0.3 is 5.97 Å². The molecule has 0 bridgehead atoms. The number of amides is 2. The largest absolute Gasteiger partial charge is 0.465 e. The summed E-state index contributed by atoms with van der Waals surface area (Å²) in [5, 5.41) is 20.9. The zero-order chi connectivity index (χ0) is 29.9. The van der Waals surface area contributed by atoms with E-state index in [1.165, 1.54) is 4.90 Å². The van der Waals surface area contributed by atoms with Crippen LogP contribution in [0.4, 0.5) is 5.69 Å². The number of allylic oxidation sites excluding steroid dienone is 3. The molecule has 0 aromatic heterocycles. The van der Waals surface area contributed by atoms with Gasteiger partial charge in [-0.25, -0.2) is 0 Å². The Morgan fingerprint density at radius 3 is 2.51 bits per heavy atom. The van der Waals surface area contributed by atoms with Crippen LogP contribution in [0.3, 0.4) is 0 Å². The van der Waals surface area contributed by atoms with Crippen LogP contribution in [0.2, 0.25) is 0 Å². The van der Waals surface area contributed by atoms with Crippen LogP contribution in [0.25, 0.3) is 0 Å². The van der Waals surface area contributed by atoms with Crippen molar-refractivity contribution in [3.8, 4) is 0 Å². The van der Waals surface area contributed by atoms with E-state index in [2.05, 4.69) is 18.5 Å². The van der Waals surface area contributed by atoms with Crippen LogP contribution in [0.5, 0.6) is 0 Å². The first-order valence-electron chi connectivity index (χ1n) is 12.8. The lowest BCUT2D eigenvalue weighted by Crippen LogP contribution is -2.54. The quantitative estimate of drug-likeness (QED) is 0.116. The third-order valence-electron chi connectivity index (χ3n) is 6.31. The summed E-state index contributed by atoms with van der Waals surface area (Å²) in [4.78, 5) is 40.1. The number of rotatable bonds is 10. The minimum absolute atomic E-state index is 0.0943. The Labute approximate surface area is 231 Å². The minimum atomic E-state index is -1.75.